The van der Waals surface area contributed by atoms with Crippen LogP contribution in [0.4, 0.5) is 0 Å². The van der Waals surface area contributed by atoms with Crippen LogP contribution >= 0.6 is 0 Å². The van der Waals surface area contributed by atoms with E-state index in [0.29, 0.717) is 6.71 Å². The fourth-order valence-electron chi connectivity index (χ4n) is 3.17. The highest BCUT2D eigenvalue weighted by Crippen LogP contribution is 2.01. The quantitative estimate of drug-likeness (QED) is 0.497. The van der Waals surface area contributed by atoms with E-state index in [0.717, 1.165) is 0 Å². The molecule has 0 amide bonds. The topological polar surface area (TPSA) is 12.9 Å². The summed E-state index contributed by atoms with van der Waals surface area (Å²) in [5, 5.41) is 0. The van der Waals surface area contributed by atoms with Gasteiger partial charge in [0.25, 0.3) is 0 Å². The number of aryl methyl sites for hydroxylation is 3. The zero-order valence-corrected chi connectivity index (χ0v) is 16.8. The lowest BCUT2D eigenvalue weighted by atomic mass is 9.37. The summed E-state index contributed by atoms with van der Waals surface area (Å²) >= 11 is 0. The Morgan fingerprint density at radius 3 is 1.00 bits per heavy atom. The molecule has 0 unspecified atom stereocenters. The first-order chi connectivity index (χ1) is 13.6. The van der Waals surface area contributed by atoms with Gasteiger partial charge in [0.1, 0.15) is 0 Å². The Balaban J connectivity index is 0.000000320. The van der Waals surface area contributed by atoms with E-state index < -0.39 is 0 Å². The maximum absolute atomic E-state index is 3.78. The summed E-state index contributed by atoms with van der Waals surface area (Å²) in [5.41, 5.74) is 7.94. The van der Waals surface area contributed by atoms with Crippen LogP contribution in [-0.4, -0.2) is 11.7 Å². The van der Waals surface area contributed by atoms with Crippen molar-refractivity contribution < 1.29 is 0 Å². The van der Waals surface area contributed by atoms with Gasteiger partial charge in [0.15, 0.2) is 0 Å². The lowest BCUT2D eigenvalue weighted by Crippen LogP contribution is -2.51. The van der Waals surface area contributed by atoms with Crippen LogP contribution in [0.25, 0.3) is 0 Å². The smallest absolute Gasteiger partial charge is 0.241 e. The zero-order chi connectivity index (χ0) is 19.8. The van der Waals surface area contributed by atoms with Gasteiger partial charge in [-0.05, 0) is 32.9 Å². The van der Waals surface area contributed by atoms with Gasteiger partial charge in [0.2, 0.25) is 6.71 Å². The monoisotopic (exact) mass is 363 g/mol. The number of nitrogens with zero attached hydrogens (tertiary/aromatic N) is 1. The van der Waals surface area contributed by atoms with Gasteiger partial charge in [-0.2, -0.15) is 0 Å². The van der Waals surface area contributed by atoms with Crippen molar-refractivity contribution in [2.45, 2.75) is 20.8 Å². The van der Waals surface area contributed by atoms with E-state index in [2.05, 4.69) is 98.6 Å². The zero-order valence-electron chi connectivity index (χ0n) is 16.8. The second-order valence-corrected chi connectivity index (χ2v) is 7.19. The highest BCUT2D eigenvalue weighted by Gasteiger charge is 2.21. The second kappa shape index (κ2) is 9.71. The minimum absolute atomic E-state index is 0.293. The lowest BCUT2D eigenvalue weighted by molar-refractivity contribution is 1.33. The average molecular weight is 363 g/mol. The number of benzene rings is 3. The van der Waals surface area contributed by atoms with Gasteiger partial charge in [-0.3, -0.25) is 4.98 Å². The first-order valence-corrected chi connectivity index (χ1v) is 9.68. The van der Waals surface area contributed by atoms with E-state index >= 15 is 0 Å². The Labute approximate surface area is 169 Å². The van der Waals surface area contributed by atoms with Gasteiger partial charge >= 0.3 is 0 Å². The first kappa shape index (κ1) is 19.6. The van der Waals surface area contributed by atoms with Crippen molar-refractivity contribution in [1.29, 1.82) is 0 Å². The Hall–Kier alpha value is -3.13. The number of hydrogen-bond donors (Lipinski definition) is 0. The van der Waals surface area contributed by atoms with Gasteiger partial charge in [-0.15, -0.1) is 0 Å². The first-order valence-electron chi connectivity index (χ1n) is 9.68. The van der Waals surface area contributed by atoms with Crippen LogP contribution in [0.15, 0.2) is 103 Å². The van der Waals surface area contributed by atoms with Crippen molar-refractivity contribution in [1.82, 2.24) is 4.98 Å². The molecule has 0 aliphatic carbocycles. The molecule has 28 heavy (non-hydrogen) atoms. The molecule has 0 aliphatic rings. The summed E-state index contributed by atoms with van der Waals surface area (Å²) < 4.78 is 0. The molecule has 0 bridgehead atoms. The molecule has 0 atom stereocenters. The van der Waals surface area contributed by atoms with Crippen molar-refractivity contribution in [3.63, 3.8) is 0 Å². The maximum atomic E-state index is 3.78. The number of aromatic nitrogens is 1. The van der Waals surface area contributed by atoms with E-state index in [9.17, 15) is 0 Å². The Morgan fingerprint density at radius 1 is 0.464 bits per heavy atom. The molecule has 0 saturated heterocycles. The fraction of sp³-hybridized carbons (Fsp3) is 0.115. The molecule has 1 nitrogen and oxygen atoms in total. The van der Waals surface area contributed by atoms with Crippen LogP contribution in [0.5, 0.6) is 0 Å². The number of pyridine rings is 1. The van der Waals surface area contributed by atoms with E-state index in [4.69, 9.17) is 0 Å². The molecule has 1 heterocycles. The lowest BCUT2D eigenvalue weighted by Gasteiger charge is -2.16. The molecule has 138 valence electrons. The van der Waals surface area contributed by atoms with E-state index in [1.807, 2.05) is 18.2 Å². The van der Waals surface area contributed by atoms with Crippen LogP contribution in [0, 0.1) is 20.8 Å². The molecule has 1 aromatic heterocycles. The summed E-state index contributed by atoms with van der Waals surface area (Å²) in [5.74, 6) is 0. The summed E-state index contributed by atoms with van der Waals surface area (Å²) in [6.07, 6.45) is 3.50. The van der Waals surface area contributed by atoms with Crippen molar-refractivity contribution >= 4 is 23.1 Å². The van der Waals surface area contributed by atoms with Crippen LogP contribution in [0.1, 0.15) is 16.7 Å². The van der Waals surface area contributed by atoms with Gasteiger partial charge in [0.05, 0.1) is 0 Å². The third-order valence-electron chi connectivity index (χ3n) is 4.80. The largest absolute Gasteiger partial charge is 0.265 e. The van der Waals surface area contributed by atoms with E-state index in [-0.39, 0.29) is 0 Å². The number of rotatable bonds is 3. The minimum atomic E-state index is 0.293. The molecular formula is C26H26BN. The SMILES string of the molecule is Cc1ccc(B(c2ccc(C)cc2)c2ccc(C)cc2)cc1.c1ccncc1. The van der Waals surface area contributed by atoms with Crippen LogP contribution in [0.2, 0.25) is 0 Å². The van der Waals surface area contributed by atoms with E-state index in [1.54, 1.807) is 12.4 Å². The average Bonchev–Trinajstić information content (AvgIpc) is 2.74. The van der Waals surface area contributed by atoms with Crippen LogP contribution < -0.4 is 16.4 Å². The van der Waals surface area contributed by atoms with Gasteiger partial charge < -0.3 is 0 Å². The molecule has 4 aromatic rings. The molecule has 0 radical (unpaired) electrons. The van der Waals surface area contributed by atoms with Crippen molar-refractivity contribution in [3.05, 3.63) is 120 Å². The Kier molecular flexibility index (Phi) is 6.81. The van der Waals surface area contributed by atoms with Crippen LogP contribution in [-0.2, 0) is 0 Å². The molecule has 0 spiro atoms. The second-order valence-electron chi connectivity index (χ2n) is 7.19. The summed E-state index contributed by atoms with van der Waals surface area (Å²) in [7, 11) is 0. The van der Waals surface area contributed by atoms with Gasteiger partial charge in [-0.1, -0.05) is 112 Å². The fourth-order valence-corrected chi connectivity index (χ4v) is 3.17. The van der Waals surface area contributed by atoms with Crippen molar-refractivity contribution in [2.75, 3.05) is 0 Å². The predicted octanol–water partition coefficient (Wildman–Crippen LogP) is 4.21. The predicted molar refractivity (Wildman–Crippen MR) is 122 cm³/mol. The highest BCUT2D eigenvalue weighted by molar-refractivity contribution is 6.95. The normalized spacial score (nSPS) is 9.96. The standard InChI is InChI=1S/C21H21B.C5H5N/c1-16-4-10-19(11-5-16)22(20-12-6-17(2)7-13-20)21-14-8-18(3)9-15-21;1-2-4-6-5-3-1/h4-15H,1-3H3;1-5H. The molecule has 0 fully saturated rings. The summed E-state index contributed by atoms with van der Waals surface area (Å²) in [6, 6.07) is 32.4. The molecule has 0 N–H and O–H groups in total. The molecule has 2 heteroatoms. The van der Waals surface area contributed by atoms with Crippen molar-refractivity contribution in [3.8, 4) is 0 Å². The molecule has 4 rings (SSSR count). The van der Waals surface area contributed by atoms with Crippen molar-refractivity contribution in [2.24, 2.45) is 0 Å². The molecular weight excluding hydrogens is 337 g/mol. The summed E-state index contributed by atoms with van der Waals surface area (Å²) in [6.45, 7) is 6.70. The molecule has 0 aliphatic heterocycles. The maximum Gasteiger partial charge on any atom is 0.241 e. The minimum Gasteiger partial charge on any atom is -0.265 e. The highest BCUT2D eigenvalue weighted by atomic mass is 14.6. The molecule has 3 aromatic carbocycles. The molecule has 0 saturated carbocycles. The summed E-state index contributed by atoms with van der Waals surface area (Å²) in [4.78, 5) is 3.78. The third-order valence-corrected chi connectivity index (χ3v) is 4.80. The Bertz CT molecular complexity index is 825. The van der Waals surface area contributed by atoms with E-state index in [1.165, 1.54) is 33.1 Å². The van der Waals surface area contributed by atoms with Gasteiger partial charge in [0, 0.05) is 12.4 Å². The third kappa shape index (κ3) is 5.44. The van der Waals surface area contributed by atoms with Gasteiger partial charge in [-0.25, -0.2) is 0 Å². The Morgan fingerprint density at radius 2 is 0.786 bits per heavy atom. The number of hydrogen-bond acceptors (Lipinski definition) is 1. The van der Waals surface area contributed by atoms with Crippen LogP contribution in [0.3, 0.4) is 0 Å².